The molecule has 2 aliphatic rings. The van der Waals surface area contributed by atoms with Crippen LogP contribution in [-0.2, 0) is 4.79 Å². The van der Waals surface area contributed by atoms with Gasteiger partial charge in [-0.1, -0.05) is 72.4 Å². The van der Waals surface area contributed by atoms with Crippen LogP contribution in [0.25, 0.3) is 5.57 Å². The normalized spacial score (nSPS) is 21.9. The molecule has 0 amide bonds. The van der Waals surface area contributed by atoms with E-state index in [4.69, 9.17) is 0 Å². The largest absolute Gasteiger partial charge is 0.289 e. The molecule has 1 atom stereocenters. The summed E-state index contributed by atoms with van der Waals surface area (Å²) < 4.78 is 0. The molecule has 28 heavy (non-hydrogen) atoms. The molecule has 2 aliphatic carbocycles. The van der Waals surface area contributed by atoms with Crippen LogP contribution in [-0.4, -0.2) is 5.78 Å². The lowest BCUT2D eigenvalue weighted by atomic mass is 9.78. The number of rotatable bonds is 4. The molecule has 3 rings (SSSR count). The van der Waals surface area contributed by atoms with Gasteiger partial charge in [-0.15, -0.1) is 0 Å². The second-order valence-electron chi connectivity index (χ2n) is 8.34. The van der Waals surface area contributed by atoms with Crippen molar-refractivity contribution in [3.8, 4) is 0 Å². The zero-order valence-corrected chi connectivity index (χ0v) is 17.7. The van der Waals surface area contributed by atoms with E-state index >= 15 is 0 Å². The number of Topliss-reactive ketones (excluding diaryl/α,β-unsaturated/α-hetero) is 1. The van der Waals surface area contributed by atoms with Crippen LogP contribution in [0.5, 0.6) is 0 Å². The smallest absolute Gasteiger partial charge is 0.189 e. The van der Waals surface area contributed by atoms with Crippen LogP contribution < -0.4 is 0 Å². The van der Waals surface area contributed by atoms with E-state index in [0.29, 0.717) is 0 Å². The van der Waals surface area contributed by atoms with E-state index in [1.807, 2.05) is 18.2 Å². The number of allylic oxidation sites excluding steroid dienone is 11. The van der Waals surface area contributed by atoms with Gasteiger partial charge in [0.15, 0.2) is 5.78 Å². The van der Waals surface area contributed by atoms with E-state index in [1.54, 1.807) is 0 Å². The molecule has 0 fully saturated rings. The Labute approximate surface area is 169 Å². The topological polar surface area (TPSA) is 17.1 Å². The van der Waals surface area contributed by atoms with E-state index in [9.17, 15) is 4.79 Å². The average molecular weight is 371 g/mol. The molecule has 144 valence electrons. The van der Waals surface area contributed by atoms with Gasteiger partial charge < -0.3 is 0 Å². The van der Waals surface area contributed by atoms with Crippen LogP contribution in [0.3, 0.4) is 0 Å². The van der Waals surface area contributed by atoms with Gasteiger partial charge in [0.2, 0.25) is 0 Å². The molecule has 1 nitrogen and oxygen atoms in total. The number of ketones is 1. The van der Waals surface area contributed by atoms with Crippen molar-refractivity contribution in [3.05, 3.63) is 100 Å². The molecule has 1 aromatic carbocycles. The zero-order chi connectivity index (χ0) is 20.5. The molecule has 0 spiro atoms. The predicted molar refractivity (Wildman–Crippen MR) is 120 cm³/mol. The van der Waals surface area contributed by atoms with E-state index in [0.717, 1.165) is 35.1 Å². The van der Waals surface area contributed by atoms with Crippen LogP contribution in [0.15, 0.2) is 83.5 Å². The first-order valence-electron chi connectivity index (χ1n) is 9.98. The summed E-state index contributed by atoms with van der Waals surface area (Å²) in [5.74, 6) is 0.133. The first kappa shape index (κ1) is 20.1. The molecule has 0 aromatic heterocycles. The van der Waals surface area contributed by atoms with Gasteiger partial charge >= 0.3 is 0 Å². The number of carbonyl (C=O) groups is 1. The minimum Gasteiger partial charge on any atom is -0.289 e. The second kappa shape index (κ2) is 7.75. The van der Waals surface area contributed by atoms with Gasteiger partial charge in [-0.25, -0.2) is 0 Å². The highest BCUT2D eigenvalue weighted by Crippen LogP contribution is 2.39. The maximum Gasteiger partial charge on any atom is 0.189 e. The van der Waals surface area contributed by atoms with Gasteiger partial charge in [0.1, 0.15) is 0 Å². The molecule has 0 heterocycles. The Balaban J connectivity index is 1.85. The van der Waals surface area contributed by atoms with Gasteiger partial charge in [0, 0.05) is 16.6 Å². The third-order valence-corrected chi connectivity index (χ3v) is 6.22. The summed E-state index contributed by atoms with van der Waals surface area (Å²) in [6.07, 6.45) is 14.0. The van der Waals surface area contributed by atoms with Crippen LogP contribution >= 0.6 is 0 Å². The lowest BCUT2D eigenvalue weighted by Crippen LogP contribution is -2.12. The summed E-state index contributed by atoms with van der Waals surface area (Å²) in [6.45, 7) is 15.0. The van der Waals surface area contributed by atoms with Crippen LogP contribution in [0, 0.1) is 19.3 Å². The summed E-state index contributed by atoms with van der Waals surface area (Å²) in [7, 11) is 0. The third kappa shape index (κ3) is 3.94. The first-order chi connectivity index (χ1) is 13.2. The van der Waals surface area contributed by atoms with Crippen LogP contribution in [0.2, 0.25) is 0 Å². The number of benzene rings is 1. The highest BCUT2D eigenvalue weighted by molar-refractivity contribution is 6.10. The van der Waals surface area contributed by atoms with Crippen molar-refractivity contribution in [3.63, 3.8) is 0 Å². The Kier molecular flexibility index (Phi) is 5.56. The van der Waals surface area contributed by atoms with Crippen molar-refractivity contribution in [2.45, 2.75) is 47.5 Å². The predicted octanol–water partition coefficient (Wildman–Crippen LogP) is 7.00. The Bertz CT molecular complexity index is 991. The van der Waals surface area contributed by atoms with Crippen molar-refractivity contribution in [1.82, 2.24) is 0 Å². The molecule has 0 saturated heterocycles. The van der Waals surface area contributed by atoms with Crippen molar-refractivity contribution in [1.29, 1.82) is 0 Å². The summed E-state index contributed by atoms with van der Waals surface area (Å²) in [4.78, 5) is 13.0. The fourth-order valence-corrected chi connectivity index (χ4v) is 3.66. The molecule has 0 N–H and O–H groups in total. The van der Waals surface area contributed by atoms with Crippen molar-refractivity contribution in [2.24, 2.45) is 5.41 Å². The van der Waals surface area contributed by atoms with Crippen LogP contribution in [0.1, 0.15) is 50.3 Å². The number of carbonyl (C=O) groups excluding carboxylic acids is 1. The van der Waals surface area contributed by atoms with Gasteiger partial charge in [0.25, 0.3) is 0 Å². The number of aryl methyl sites for hydroxylation is 2. The maximum absolute atomic E-state index is 13.0. The highest BCUT2D eigenvalue weighted by Gasteiger charge is 2.25. The van der Waals surface area contributed by atoms with Crippen LogP contribution in [0.4, 0.5) is 0 Å². The fourth-order valence-electron chi connectivity index (χ4n) is 3.66. The molecule has 0 radical (unpaired) electrons. The average Bonchev–Trinajstić information content (AvgIpc) is 2.87. The third-order valence-electron chi connectivity index (χ3n) is 6.22. The lowest BCUT2D eigenvalue weighted by Gasteiger charge is -2.25. The monoisotopic (exact) mass is 370 g/mol. The van der Waals surface area contributed by atoms with Crippen molar-refractivity contribution in [2.75, 3.05) is 0 Å². The van der Waals surface area contributed by atoms with Gasteiger partial charge in [0.05, 0.1) is 0 Å². The highest BCUT2D eigenvalue weighted by atomic mass is 16.1. The zero-order valence-electron chi connectivity index (χ0n) is 17.7. The van der Waals surface area contributed by atoms with E-state index < -0.39 is 0 Å². The second-order valence-corrected chi connectivity index (χ2v) is 8.34. The molecular formula is C27H30O. The molecule has 0 bridgehead atoms. The van der Waals surface area contributed by atoms with Crippen molar-refractivity contribution >= 4 is 11.4 Å². The van der Waals surface area contributed by atoms with Gasteiger partial charge in [-0.05, 0) is 69.7 Å². The molecule has 0 saturated carbocycles. The quantitative estimate of drug-likeness (QED) is 0.557. The van der Waals surface area contributed by atoms with E-state index in [-0.39, 0.29) is 11.2 Å². The standard InChI is InChI=1S/C27H30O/c1-18-9-11-24(16-20(18)3)22(5)27(6)14-7-8-23(13-15-27)26(28)25-12-10-19(2)21(4)17-25/h7-9,11,13-17H,5,10,12H2,1-4,6H3. The molecular weight excluding hydrogens is 340 g/mol. The Morgan fingerprint density at radius 3 is 2.46 bits per heavy atom. The van der Waals surface area contributed by atoms with Gasteiger partial charge in [-0.2, -0.15) is 0 Å². The summed E-state index contributed by atoms with van der Waals surface area (Å²) in [5, 5.41) is 0. The maximum atomic E-state index is 13.0. The van der Waals surface area contributed by atoms with E-state index in [1.165, 1.54) is 22.3 Å². The molecule has 0 aliphatic heterocycles. The summed E-state index contributed by atoms with van der Waals surface area (Å²) >= 11 is 0. The first-order valence-corrected chi connectivity index (χ1v) is 9.98. The number of hydrogen-bond acceptors (Lipinski definition) is 1. The molecule has 1 unspecified atom stereocenters. The SMILES string of the molecule is C=C(c1ccc(C)c(C)c1)C1(C)C=CC=C(C(=O)C2=CC(C)=C(C)CC2)C=C1. The number of hydrogen-bond donors (Lipinski definition) is 0. The lowest BCUT2D eigenvalue weighted by molar-refractivity contribution is -0.112. The Morgan fingerprint density at radius 2 is 1.79 bits per heavy atom. The summed E-state index contributed by atoms with van der Waals surface area (Å²) in [5.41, 5.74) is 8.64. The molecule has 1 heteroatoms. The Hall–Kier alpha value is -2.67. The minimum absolute atomic E-state index is 0.133. The van der Waals surface area contributed by atoms with E-state index in [2.05, 4.69) is 77.6 Å². The summed E-state index contributed by atoms with van der Waals surface area (Å²) in [6, 6.07) is 6.47. The molecule has 1 aromatic rings. The Morgan fingerprint density at radius 1 is 1.04 bits per heavy atom. The van der Waals surface area contributed by atoms with Crippen molar-refractivity contribution < 1.29 is 4.79 Å². The van der Waals surface area contributed by atoms with Gasteiger partial charge in [-0.3, -0.25) is 4.79 Å². The fraction of sp³-hybridized carbons (Fsp3) is 0.296. The minimum atomic E-state index is -0.326.